The predicted octanol–water partition coefficient (Wildman–Crippen LogP) is 4.59. The summed E-state index contributed by atoms with van der Waals surface area (Å²) in [6.45, 7) is 8.89. The molecule has 3 unspecified atom stereocenters. The molecule has 0 aliphatic carbocycles. The molecular formula is C16H25F5O3. The van der Waals surface area contributed by atoms with E-state index in [0.717, 1.165) is 6.92 Å². The summed E-state index contributed by atoms with van der Waals surface area (Å²) in [6, 6.07) is 0. The van der Waals surface area contributed by atoms with Gasteiger partial charge in [0.25, 0.3) is 0 Å². The Kier molecular flexibility index (Phi) is 5.65. The van der Waals surface area contributed by atoms with Gasteiger partial charge >= 0.3 is 18.1 Å². The van der Waals surface area contributed by atoms with E-state index in [4.69, 9.17) is 4.74 Å². The fourth-order valence-corrected chi connectivity index (χ4v) is 2.67. The summed E-state index contributed by atoms with van der Waals surface area (Å²) >= 11 is 0. The van der Waals surface area contributed by atoms with Crippen molar-refractivity contribution in [2.24, 2.45) is 17.3 Å². The average molecular weight is 360 g/mol. The number of esters is 1. The molecule has 142 valence electrons. The molecule has 3 nitrogen and oxygen atoms in total. The second-order valence-corrected chi connectivity index (χ2v) is 8.12. The van der Waals surface area contributed by atoms with Crippen LogP contribution in [0.15, 0.2) is 0 Å². The minimum Gasteiger partial charge on any atom is -0.450 e. The number of carbonyl (C=O) groups is 1. The van der Waals surface area contributed by atoms with E-state index >= 15 is 0 Å². The molecular weight excluding hydrogens is 335 g/mol. The number of hydrogen-bond donors (Lipinski definition) is 0. The monoisotopic (exact) mass is 360 g/mol. The predicted molar refractivity (Wildman–Crippen MR) is 77.6 cm³/mol. The van der Waals surface area contributed by atoms with Crippen molar-refractivity contribution in [1.29, 1.82) is 0 Å². The molecule has 1 aliphatic rings. The molecule has 0 amide bonds. The minimum atomic E-state index is -5.24. The fraction of sp³-hybridized carbons (Fsp3) is 0.938. The van der Waals surface area contributed by atoms with Crippen molar-refractivity contribution in [2.45, 2.75) is 71.8 Å². The smallest absolute Gasteiger partial charge is 0.420 e. The van der Waals surface area contributed by atoms with Gasteiger partial charge in [-0.1, -0.05) is 34.6 Å². The molecule has 0 saturated carbocycles. The van der Waals surface area contributed by atoms with E-state index in [0.29, 0.717) is 6.42 Å². The summed E-state index contributed by atoms with van der Waals surface area (Å²) in [7, 11) is 0. The second-order valence-electron chi connectivity index (χ2n) is 8.12. The molecule has 0 aromatic heterocycles. The van der Waals surface area contributed by atoms with Gasteiger partial charge in [0.2, 0.25) is 6.10 Å². The normalized spacial score (nSPS) is 28.9. The van der Waals surface area contributed by atoms with Gasteiger partial charge in [0.05, 0.1) is 12.5 Å². The zero-order chi connectivity index (χ0) is 19.1. The zero-order valence-corrected chi connectivity index (χ0v) is 14.8. The van der Waals surface area contributed by atoms with Crippen LogP contribution in [0.3, 0.4) is 0 Å². The van der Waals surface area contributed by atoms with Gasteiger partial charge in [-0.2, -0.15) is 22.0 Å². The highest BCUT2D eigenvalue weighted by Crippen LogP contribution is 2.48. The minimum absolute atomic E-state index is 0.199. The summed E-state index contributed by atoms with van der Waals surface area (Å²) in [5.41, 5.74) is -2.91. The Labute approximate surface area is 138 Å². The summed E-state index contributed by atoms with van der Waals surface area (Å²) < 4.78 is 75.6. The molecule has 0 spiro atoms. The molecule has 1 fully saturated rings. The van der Waals surface area contributed by atoms with Gasteiger partial charge in [0.1, 0.15) is 0 Å². The second kappa shape index (κ2) is 6.42. The standard InChI is InChI=1S/C16H25F5O3/c1-9(2)10(7-13(3,4)5)11(22)24-14(6)8-23-12(15(14,17)18)16(19,20)21/h9-10,12H,7-8H2,1-6H3. The van der Waals surface area contributed by atoms with Gasteiger partial charge in [0.15, 0.2) is 5.60 Å². The lowest BCUT2D eigenvalue weighted by Crippen LogP contribution is -2.55. The molecule has 0 aromatic rings. The molecule has 8 heteroatoms. The Morgan fingerprint density at radius 1 is 1.25 bits per heavy atom. The van der Waals surface area contributed by atoms with Crippen molar-refractivity contribution < 1.29 is 36.2 Å². The van der Waals surface area contributed by atoms with E-state index in [1.54, 1.807) is 13.8 Å². The van der Waals surface area contributed by atoms with Crippen LogP contribution in [0.1, 0.15) is 48.0 Å². The number of alkyl halides is 5. The van der Waals surface area contributed by atoms with E-state index in [-0.39, 0.29) is 11.3 Å². The third-order valence-electron chi connectivity index (χ3n) is 4.12. The molecule has 0 bridgehead atoms. The maximum absolute atomic E-state index is 14.2. The molecule has 1 aliphatic heterocycles. The molecule has 0 radical (unpaired) electrons. The van der Waals surface area contributed by atoms with Crippen LogP contribution in [0.2, 0.25) is 0 Å². The van der Waals surface area contributed by atoms with Crippen LogP contribution >= 0.6 is 0 Å². The zero-order valence-electron chi connectivity index (χ0n) is 14.8. The van der Waals surface area contributed by atoms with Gasteiger partial charge in [-0.15, -0.1) is 0 Å². The largest absolute Gasteiger partial charge is 0.450 e. The third kappa shape index (κ3) is 4.37. The quantitative estimate of drug-likeness (QED) is 0.543. The maximum atomic E-state index is 14.2. The van der Waals surface area contributed by atoms with E-state index < -0.39 is 42.3 Å². The van der Waals surface area contributed by atoms with Crippen LogP contribution < -0.4 is 0 Å². The van der Waals surface area contributed by atoms with Gasteiger partial charge < -0.3 is 9.47 Å². The van der Waals surface area contributed by atoms with E-state index in [1.807, 2.05) is 20.8 Å². The van der Waals surface area contributed by atoms with Gasteiger partial charge in [-0.25, -0.2) is 0 Å². The van der Waals surface area contributed by atoms with Gasteiger partial charge in [-0.3, -0.25) is 4.79 Å². The lowest BCUT2D eigenvalue weighted by atomic mass is 9.79. The summed E-state index contributed by atoms with van der Waals surface area (Å²) in [6.07, 6.45) is -8.14. The van der Waals surface area contributed by atoms with Crippen LogP contribution in [0.4, 0.5) is 22.0 Å². The van der Waals surface area contributed by atoms with Crippen LogP contribution in [-0.4, -0.2) is 36.4 Å². The molecule has 1 rings (SSSR count). The van der Waals surface area contributed by atoms with E-state index in [2.05, 4.69) is 4.74 Å². The van der Waals surface area contributed by atoms with Crippen molar-refractivity contribution in [3.05, 3.63) is 0 Å². The van der Waals surface area contributed by atoms with Gasteiger partial charge in [0, 0.05) is 0 Å². The molecule has 0 aromatic carbocycles. The Balaban J connectivity index is 2.99. The van der Waals surface area contributed by atoms with Gasteiger partial charge in [-0.05, 0) is 24.7 Å². The lowest BCUT2D eigenvalue weighted by Gasteiger charge is -2.34. The Morgan fingerprint density at radius 3 is 2.08 bits per heavy atom. The number of ether oxygens (including phenoxy) is 2. The van der Waals surface area contributed by atoms with E-state index in [9.17, 15) is 26.7 Å². The van der Waals surface area contributed by atoms with Crippen LogP contribution in [0, 0.1) is 17.3 Å². The van der Waals surface area contributed by atoms with Crippen LogP contribution in [0.25, 0.3) is 0 Å². The van der Waals surface area contributed by atoms with Crippen molar-refractivity contribution in [3.8, 4) is 0 Å². The average Bonchev–Trinajstić information content (AvgIpc) is 2.55. The first-order valence-electron chi connectivity index (χ1n) is 7.80. The van der Waals surface area contributed by atoms with Crippen molar-refractivity contribution in [1.82, 2.24) is 0 Å². The molecule has 3 atom stereocenters. The molecule has 24 heavy (non-hydrogen) atoms. The summed E-state index contributed by atoms with van der Waals surface area (Å²) in [5, 5.41) is 0. The van der Waals surface area contributed by atoms with Crippen LogP contribution in [0.5, 0.6) is 0 Å². The number of carbonyl (C=O) groups excluding carboxylic acids is 1. The third-order valence-corrected chi connectivity index (χ3v) is 4.12. The highest BCUT2D eigenvalue weighted by atomic mass is 19.4. The first-order chi connectivity index (χ1) is 10.5. The number of rotatable bonds is 4. The van der Waals surface area contributed by atoms with Crippen molar-refractivity contribution >= 4 is 5.97 Å². The topological polar surface area (TPSA) is 35.5 Å². The first-order valence-corrected chi connectivity index (χ1v) is 7.80. The molecule has 0 N–H and O–H groups in total. The van der Waals surface area contributed by atoms with Crippen molar-refractivity contribution in [3.63, 3.8) is 0 Å². The molecule has 1 saturated heterocycles. The SMILES string of the molecule is CC(C)C(CC(C)(C)C)C(=O)OC1(C)COC(C(F)(F)F)C1(F)F. The summed E-state index contributed by atoms with van der Waals surface area (Å²) in [5.74, 6) is -6.17. The Hall–Kier alpha value is -0.920. The highest BCUT2D eigenvalue weighted by Gasteiger charge is 2.72. The Morgan fingerprint density at radius 2 is 1.75 bits per heavy atom. The van der Waals surface area contributed by atoms with E-state index in [1.165, 1.54) is 0 Å². The van der Waals surface area contributed by atoms with Crippen molar-refractivity contribution in [2.75, 3.05) is 6.61 Å². The number of halogens is 5. The molecule has 1 heterocycles. The van der Waals surface area contributed by atoms with Crippen LogP contribution in [-0.2, 0) is 14.3 Å². The number of hydrogen-bond acceptors (Lipinski definition) is 3. The maximum Gasteiger partial charge on any atom is 0.420 e. The fourth-order valence-electron chi connectivity index (χ4n) is 2.67. The summed E-state index contributed by atoms with van der Waals surface area (Å²) in [4.78, 5) is 12.4. The highest BCUT2D eigenvalue weighted by molar-refractivity contribution is 5.73. The Bertz CT molecular complexity index is 467. The lowest BCUT2D eigenvalue weighted by molar-refractivity contribution is -0.271. The first kappa shape index (κ1) is 21.1.